The summed E-state index contributed by atoms with van der Waals surface area (Å²) in [5.41, 5.74) is 4.67. The number of carbonyl (C=O) groups excluding carboxylic acids is 1. The lowest BCUT2D eigenvalue weighted by Gasteiger charge is -2.34. The van der Waals surface area contributed by atoms with E-state index in [-0.39, 0.29) is 5.91 Å². The van der Waals surface area contributed by atoms with E-state index < -0.39 is 0 Å². The van der Waals surface area contributed by atoms with Gasteiger partial charge in [0.2, 0.25) is 0 Å². The van der Waals surface area contributed by atoms with Crippen LogP contribution in [0.5, 0.6) is 0 Å². The molecule has 1 saturated heterocycles. The molecule has 2 aliphatic heterocycles. The van der Waals surface area contributed by atoms with Gasteiger partial charge in [-0.1, -0.05) is 6.07 Å². The summed E-state index contributed by atoms with van der Waals surface area (Å²) in [4.78, 5) is 28.8. The summed E-state index contributed by atoms with van der Waals surface area (Å²) >= 11 is 0. The minimum Gasteiger partial charge on any atom is -0.368 e. The highest BCUT2D eigenvalue weighted by atomic mass is 16.2. The number of nitrogens with zero attached hydrogens (tertiary/aromatic N) is 6. The summed E-state index contributed by atoms with van der Waals surface area (Å²) in [6.07, 6.45) is 6.61. The molecule has 3 aromatic rings. The van der Waals surface area contributed by atoms with Gasteiger partial charge in [0.25, 0.3) is 5.91 Å². The van der Waals surface area contributed by atoms with Crippen LogP contribution in [0.15, 0.2) is 42.9 Å². The molecule has 0 radical (unpaired) electrons. The van der Waals surface area contributed by atoms with E-state index in [2.05, 4.69) is 26.8 Å². The van der Waals surface area contributed by atoms with Crippen molar-refractivity contribution in [3.8, 4) is 0 Å². The lowest BCUT2D eigenvalue weighted by Crippen LogP contribution is -2.45. The fourth-order valence-corrected chi connectivity index (χ4v) is 4.11. The second-order valence-corrected chi connectivity index (χ2v) is 7.62. The third kappa shape index (κ3) is 3.01. The van der Waals surface area contributed by atoms with Crippen molar-refractivity contribution < 1.29 is 4.79 Å². The monoisotopic (exact) mass is 376 g/mol. The number of likely N-dealkylation sites (N-methyl/N-ethyl adjacent to an activating group) is 1. The van der Waals surface area contributed by atoms with E-state index >= 15 is 0 Å². The molecular weight excluding hydrogens is 352 g/mol. The molecule has 2 aliphatic rings. The molecule has 0 N–H and O–H groups in total. The Morgan fingerprint density at radius 3 is 2.79 bits per heavy atom. The smallest absolute Gasteiger partial charge is 0.258 e. The van der Waals surface area contributed by atoms with Crippen LogP contribution in [0.4, 0.5) is 5.69 Å². The molecule has 0 aliphatic carbocycles. The van der Waals surface area contributed by atoms with Gasteiger partial charge in [-0.15, -0.1) is 0 Å². The topological polar surface area (TPSA) is 57.0 Å². The van der Waals surface area contributed by atoms with E-state index in [1.165, 1.54) is 0 Å². The van der Waals surface area contributed by atoms with Gasteiger partial charge in [0.15, 0.2) is 0 Å². The van der Waals surface area contributed by atoms with Crippen molar-refractivity contribution in [1.29, 1.82) is 0 Å². The zero-order valence-corrected chi connectivity index (χ0v) is 16.1. The summed E-state index contributed by atoms with van der Waals surface area (Å²) in [6.45, 7) is 5.17. The van der Waals surface area contributed by atoms with E-state index in [4.69, 9.17) is 0 Å². The minimum atomic E-state index is 0.0980. The molecule has 0 unspecified atom stereocenters. The second-order valence-electron chi connectivity index (χ2n) is 7.62. The Morgan fingerprint density at radius 1 is 1.11 bits per heavy atom. The van der Waals surface area contributed by atoms with E-state index in [0.29, 0.717) is 13.1 Å². The Hall–Kier alpha value is -2.93. The number of pyridine rings is 2. The number of hydrogen-bond donors (Lipinski definition) is 0. The summed E-state index contributed by atoms with van der Waals surface area (Å²) in [5, 5.41) is 0. The maximum Gasteiger partial charge on any atom is 0.258 e. The molecule has 0 aromatic carbocycles. The standard InChI is InChI=1S/C21H24N6O/c1-24-10-12-25(13-11-24)18-5-7-22-17-15-27(21(28)20(17)18)9-6-16-14-26-8-3-2-4-19(26)23-16/h2-5,7-8,14H,6,9-13,15H2,1H3. The average molecular weight is 376 g/mol. The normalized spacial score (nSPS) is 17.5. The van der Waals surface area contributed by atoms with E-state index in [9.17, 15) is 4.79 Å². The molecule has 3 aromatic heterocycles. The molecular formula is C21H24N6O. The number of anilines is 1. The number of piperazine rings is 1. The number of fused-ring (bicyclic) bond motifs is 2. The third-order valence-corrected chi connectivity index (χ3v) is 5.74. The van der Waals surface area contributed by atoms with Crippen molar-refractivity contribution >= 4 is 17.2 Å². The van der Waals surface area contributed by atoms with E-state index in [1.807, 2.05) is 52.2 Å². The SMILES string of the molecule is CN1CCN(c2ccnc3c2C(=O)N(CCc2cn4ccccc4n2)C3)CC1. The van der Waals surface area contributed by atoms with Crippen molar-refractivity contribution in [2.75, 3.05) is 44.7 Å². The largest absolute Gasteiger partial charge is 0.368 e. The zero-order valence-electron chi connectivity index (χ0n) is 16.1. The number of amides is 1. The van der Waals surface area contributed by atoms with E-state index in [0.717, 1.165) is 60.9 Å². The molecule has 0 atom stereocenters. The molecule has 144 valence electrons. The first-order valence-electron chi connectivity index (χ1n) is 9.82. The van der Waals surface area contributed by atoms with Gasteiger partial charge in [-0.05, 0) is 25.2 Å². The molecule has 0 saturated carbocycles. The van der Waals surface area contributed by atoms with Crippen LogP contribution in [0.25, 0.3) is 5.65 Å². The number of hydrogen-bond acceptors (Lipinski definition) is 5. The molecule has 1 fully saturated rings. The summed E-state index contributed by atoms with van der Waals surface area (Å²) < 4.78 is 2.02. The Bertz CT molecular complexity index is 988. The number of rotatable bonds is 4. The Morgan fingerprint density at radius 2 is 1.96 bits per heavy atom. The maximum absolute atomic E-state index is 13.1. The van der Waals surface area contributed by atoms with Gasteiger partial charge in [-0.3, -0.25) is 9.78 Å². The predicted molar refractivity (Wildman–Crippen MR) is 108 cm³/mol. The molecule has 5 rings (SSSR count). The minimum absolute atomic E-state index is 0.0980. The molecule has 0 bridgehead atoms. The molecule has 28 heavy (non-hydrogen) atoms. The lowest BCUT2D eigenvalue weighted by molar-refractivity contribution is 0.0780. The van der Waals surface area contributed by atoms with Gasteiger partial charge < -0.3 is 19.1 Å². The van der Waals surface area contributed by atoms with Crippen LogP contribution in [0.3, 0.4) is 0 Å². The van der Waals surface area contributed by atoms with Crippen LogP contribution in [0, 0.1) is 0 Å². The van der Waals surface area contributed by atoms with Crippen LogP contribution < -0.4 is 4.90 Å². The van der Waals surface area contributed by atoms with Crippen molar-refractivity contribution in [3.63, 3.8) is 0 Å². The number of aromatic nitrogens is 3. The maximum atomic E-state index is 13.1. The second kappa shape index (κ2) is 6.91. The molecule has 7 nitrogen and oxygen atoms in total. The first-order valence-corrected chi connectivity index (χ1v) is 9.82. The highest BCUT2D eigenvalue weighted by Crippen LogP contribution is 2.30. The van der Waals surface area contributed by atoms with Gasteiger partial charge in [-0.25, -0.2) is 4.98 Å². The van der Waals surface area contributed by atoms with Gasteiger partial charge in [-0.2, -0.15) is 0 Å². The van der Waals surface area contributed by atoms with Crippen LogP contribution in [0.2, 0.25) is 0 Å². The summed E-state index contributed by atoms with van der Waals surface area (Å²) in [7, 11) is 2.14. The van der Waals surface area contributed by atoms with Crippen molar-refractivity contribution in [3.05, 3.63) is 59.8 Å². The molecule has 1 amide bonds. The fourth-order valence-electron chi connectivity index (χ4n) is 4.11. The van der Waals surface area contributed by atoms with Gasteiger partial charge in [0.05, 0.1) is 29.2 Å². The van der Waals surface area contributed by atoms with Crippen LogP contribution in [0.1, 0.15) is 21.7 Å². The zero-order chi connectivity index (χ0) is 19.1. The Balaban J connectivity index is 1.32. The first kappa shape index (κ1) is 17.2. The summed E-state index contributed by atoms with van der Waals surface area (Å²) in [5.74, 6) is 0.0980. The van der Waals surface area contributed by atoms with Crippen molar-refractivity contribution in [2.45, 2.75) is 13.0 Å². The van der Waals surface area contributed by atoms with Gasteiger partial charge in [0.1, 0.15) is 5.65 Å². The molecule has 5 heterocycles. The van der Waals surface area contributed by atoms with Crippen LogP contribution in [-0.4, -0.2) is 69.8 Å². The quantitative estimate of drug-likeness (QED) is 0.693. The fraction of sp³-hybridized carbons (Fsp3) is 0.381. The predicted octanol–water partition coefficient (Wildman–Crippen LogP) is 1.68. The van der Waals surface area contributed by atoms with Crippen molar-refractivity contribution in [2.24, 2.45) is 0 Å². The first-order chi connectivity index (χ1) is 13.7. The van der Waals surface area contributed by atoms with Crippen LogP contribution in [-0.2, 0) is 13.0 Å². The van der Waals surface area contributed by atoms with Crippen LogP contribution >= 0.6 is 0 Å². The van der Waals surface area contributed by atoms with E-state index in [1.54, 1.807) is 0 Å². The highest BCUT2D eigenvalue weighted by molar-refractivity contribution is 6.03. The number of carbonyl (C=O) groups is 1. The van der Waals surface area contributed by atoms with Gasteiger partial charge >= 0.3 is 0 Å². The average Bonchev–Trinajstić information content (AvgIpc) is 3.27. The highest BCUT2D eigenvalue weighted by Gasteiger charge is 2.33. The number of imidazole rings is 1. The molecule has 7 heteroatoms. The third-order valence-electron chi connectivity index (χ3n) is 5.74. The molecule has 0 spiro atoms. The van der Waals surface area contributed by atoms with Gasteiger partial charge in [0, 0.05) is 57.7 Å². The summed E-state index contributed by atoms with van der Waals surface area (Å²) in [6, 6.07) is 7.96. The van der Waals surface area contributed by atoms with Crippen molar-refractivity contribution in [1.82, 2.24) is 24.2 Å². The lowest BCUT2D eigenvalue weighted by atomic mass is 10.1. The Labute approximate surface area is 164 Å². The Kier molecular flexibility index (Phi) is 4.24.